The van der Waals surface area contributed by atoms with Crippen molar-refractivity contribution < 1.29 is 14.3 Å². The average molecular weight is 489 g/mol. The summed E-state index contributed by atoms with van der Waals surface area (Å²) >= 11 is 10.8. The van der Waals surface area contributed by atoms with Crippen molar-refractivity contribution in [1.29, 1.82) is 0 Å². The fourth-order valence-corrected chi connectivity index (χ4v) is 3.23. The number of rotatable bonds is 9. The summed E-state index contributed by atoms with van der Waals surface area (Å²) in [7, 11) is 0. The Morgan fingerprint density at radius 1 is 1.32 bits per heavy atom. The van der Waals surface area contributed by atoms with Gasteiger partial charge in [-0.05, 0) is 41.2 Å². The van der Waals surface area contributed by atoms with Crippen LogP contribution in [0.4, 0.5) is 5.69 Å². The molecule has 0 saturated carbocycles. The Morgan fingerprint density at radius 2 is 2.11 bits per heavy atom. The lowest BCUT2D eigenvalue weighted by molar-refractivity contribution is 0.0521. The van der Waals surface area contributed by atoms with E-state index in [1.54, 1.807) is 19.2 Å². The zero-order valence-electron chi connectivity index (χ0n) is 15.2. The van der Waals surface area contributed by atoms with Gasteiger partial charge in [0.05, 0.1) is 17.3 Å². The van der Waals surface area contributed by atoms with Crippen molar-refractivity contribution in [3.8, 4) is 0 Å². The molecule has 0 aliphatic carbocycles. The van der Waals surface area contributed by atoms with Crippen LogP contribution in [0.25, 0.3) is 0 Å². The van der Waals surface area contributed by atoms with E-state index < -0.39 is 11.9 Å². The average Bonchev–Trinajstić information content (AvgIpc) is 2.69. The molecule has 8 nitrogen and oxygen atoms in total. The van der Waals surface area contributed by atoms with Crippen LogP contribution in [0.3, 0.4) is 0 Å². The second kappa shape index (κ2) is 11.2. The number of amides is 1. The van der Waals surface area contributed by atoms with Crippen LogP contribution in [0.1, 0.15) is 27.8 Å². The number of hydrogen-bond acceptors (Lipinski definition) is 8. The highest BCUT2D eigenvalue weighted by molar-refractivity contribution is 9.10. The molecule has 1 heterocycles. The standard InChI is InChI=1S/C17H19BrClN5O3S/c1-3-27-16(26)10-9-21-17(28-2)23-13(10)15(25)20-7-8-22-24-14-11(18)5-4-6-12(14)19/h4-6,9,22,24H,3,7-8H2,1-2H3,(H,20,25). The summed E-state index contributed by atoms with van der Waals surface area (Å²) in [6, 6.07) is 5.43. The van der Waals surface area contributed by atoms with Gasteiger partial charge in [0.15, 0.2) is 5.16 Å². The van der Waals surface area contributed by atoms with E-state index in [0.717, 1.165) is 4.47 Å². The third kappa shape index (κ3) is 6.06. The van der Waals surface area contributed by atoms with Crippen molar-refractivity contribution in [1.82, 2.24) is 20.7 Å². The summed E-state index contributed by atoms with van der Waals surface area (Å²) in [5, 5.41) is 3.65. The summed E-state index contributed by atoms with van der Waals surface area (Å²) in [6.07, 6.45) is 3.09. The van der Waals surface area contributed by atoms with Gasteiger partial charge in [0.25, 0.3) is 5.91 Å². The highest BCUT2D eigenvalue weighted by Crippen LogP contribution is 2.29. The molecule has 0 fully saturated rings. The van der Waals surface area contributed by atoms with E-state index >= 15 is 0 Å². The van der Waals surface area contributed by atoms with Gasteiger partial charge in [-0.25, -0.2) is 20.2 Å². The molecule has 0 saturated heterocycles. The second-order valence-electron chi connectivity index (χ2n) is 5.24. The highest BCUT2D eigenvalue weighted by Gasteiger charge is 2.21. The largest absolute Gasteiger partial charge is 0.462 e. The normalized spacial score (nSPS) is 10.4. The van der Waals surface area contributed by atoms with Gasteiger partial charge in [0, 0.05) is 23.8 Å². The third-order valence-corrected chi connectivity index (χ3v) is 4.91. The van der Waals surface area contributed by atoms with E-state index in [-0.39, 0.29) is 24.4 Å². The van der Waals surface area contributed by atoms with Gasteiger partial charge in [0.2, 0.25) is 0 Å². The van der Waals surface area contributed by atoms with Crippen molar-refractivity contribution in [2.45, 2.75) is 12.1 Å². The first-order valence-electron chi connectivity index (χ1n) is 8.27. The van der Waals surface area contributed by atoms with E-state index in [4.69, 9.17) is 16.3 Å². The van der Waals surface area contributed by atoms with Crippen LogP contribution in [-0.4, -0.2) is 47.8 Å². The lowest BCUT2D eigenvalue weighted by Gasteiger charge is -2.13. The first kappa shape index (κ1) is 22.4. The SMILES string of the molecule is CCOC(=O)c1cnc(SC)nc1C(=O)NCCNNc1c(Cl)cccc1Br. The van der Waals surface area contributed by atoms with Crippen molar-refractivity contribution >= 4 is 56.9 Å². The van der Waals surface area contributed by atoms with Crippen LogP contribution in [0.15, 0.2) is 34.0 Å². The number of carbonyl (C=O) groups is 2. The number of hydrazine groups is 1. The molecule has 0 aliphatic heterocycles. The smallest absolute Gasteiger partial charge is 0.342 e. The van der Waals surface area contributed by atoms with Gasteiger partial charge in [-0.1, -0.05) is 29.4 Å². The monoisotopic (exact) mass is 487 g/mol. The Bertz CT molecular complexity index is 835. The lowest BCUT2D eigenvalue weighted by atomic mass is 10.2. The quantitative estimate of drug-likeness (QED) is 0.163. The maximum atomic E-state index is 12.5. The Kier molecular flexibility index (Phi) is 8.97. The molecule has 1 aromatic heterocycles. The molecule has 0 aliphatic rings. The molecule has 0 radical (unpaired) electrons. The van der Waals surface area contributed by atoms with Crippen LogP contribution < -0.4 is 16.2 Å². The first-order chi connectivity index (χ1) is 13.5. The number of aromatic nitrogens is 2. The maximum absolute atomic E-state index is 12.5. The topological polar surface area (TPSA) is 105 Å². The molecule has 150 valence electrons. The molecule has 1 aromatic carbocycles. The molecule has 0 atom stereocenters. The fraction of sp³-hybridized carbons (Fsp3) is 0.294. The summed E-state index contributed by atoms with van der Waals surface area (Å²) in [5.74, 6) is -1.12. The van der Waals surface area contributed by atoms with Crippen LogP contribution >= 0.6 is 39.3 Å². The number of ether oxygens (including phenoxy) is 1. The van der Waals surface area contributed by atoms with Crippen LogP contribution in [0, 0.1) is 0 Å². The van der Waals surface area contributed by atoms with Crippen LogP contribution in [-0.2, 0) is 4.74 Å². The Labute approximate surface area is 180 Å². The van der Waals surface area contributed by atoms with E-state index in [0.29, 0.717) is 22.4 Å². The predicted molar refractivity (Wildman–Crippen MR) is 113 cm³/mol. The van der Waals surface area contributed by atoms with Gasteiger partial charge in [0.1, 0.15) is 11.3 Å². The van der Waals surface area contributed by atoms with Gasteiger partial charge < -0.3 is 15.5 Å². The second-order valence-corrected chi connectivity index (χ2v) is 7.28. The van der Waals surface area contributed by atoms with Gasteiger partial charge in [-0.3, -0.25) is 4.79 Å². The molecule has 0 spiro atoms. The van der Waals surface area contributed by atoms with Crippen LogP contribution in [0.5, 0.6) is 0 Å². The summed E-state index contributed by atoms with van der Waals surface area (Å²) < 4.78 is 5.77. The summed E-state index contributed by atoms with van der Waals surface area (Å²) in [5.41, 5.74) is 6.65. The Balaban J connectivity index is 1.94. The van der Waals surface area contributed by atoms with Gasteiger partial charge in [-0.2, -0.15) is 0 Å². The number of carbonyl (C=O) groups excluding carboxylic acids is 2. The Morgan fingerprint density at radius 3 is 2.79 bits per heavy atom. The van der Waals surface area contributed by atoms with E-state index in [1.165, 1.54) is 18.0 Å². The molecule has 0 unspecified atom stereocenters. The van der Waals surface area contributed by atoms with Crippen LogP contribution in [0.2, 0.25) is 5.02 Å². The highest BCUT2D eigenvalue weighted by atomic mass is 79.9. The van der Waals surface area contributed by atoms with E-state index in [9.17, 15) is 9.59 Å². The Hall–Kier alpha value is -1.88. The number of halogens is 2. The minimum Gasteiger partial charge on any atom is -0.462 e. The summed E-state index contributed by atoms with van der Waals surface area (Å²) in [6.45, 7) is 2.57. The van der Waals surface area contributed by atoms with Crippen molar-refractivity contribution in [2.24, 2.45) is 0 Å². The zero-order valence-corrected chi connectivity index (χ0v) is 18.4. The third-order valence-electron chi connectivity index (χ3n) is 3.37. The zero-order chi connectivity index (χ0) is 20.5. The molecule has 11 heteroatoms. The minimum atomic E-state index is -0.635. The summed E-state index contributed by atoms with van der Waals surface area (Å²) in [4.78, 5) is 32.7. The minimum absolute atomic E-state index is 0.0143. The lowest BCUT2D eigenvalue weighted by Crippen LogP contribution is -2.35. The van der Waals surface area contributed by atoms with Gasteiger partial charge >= 0.3 is 5.97 Å². The number of esters is 1. The number of hydrogen-bond donors (Lipinski definition) is 3. The number of thioether (sulfide) groups is 1. The molecule has 2 rings (SSSR count). The predicted octanol–water partition coefficient (Wildman–Crippen LogP) is 3.14. The van der Waals surface area contributed by atoms with Crippen molar-refractivity contribution in [3.05, 3.63) is 45.1 Å². The molecular formula is C17H19BrClN5O3S. The number of nitrogens with zero attached hydrogens (tertiary/aromatic N) is 2. The number of para-hydroxylation sites is 1. The first-order valence-corrected chi connectivity index (χ1v) is 10.7. The maximum Gasteiger partial charge on any atom is 0.342 e. The van der Waals surface area contributed by atoms with E-state index in [2.05, 4.69) is 42.1 Å². The van der Waals surface area contributed by atoms with Gasteiger partial charge in [-0.15, -0.1) is 0 Å². The van der Waals surface area contributed by atoms with Crippen molar-refractivity contribution in [2.75, 3.05) is 31.4 Å². The fourth-order valence-electron chi connectivity index (χ4n) is 2.09. The molecule has 3 N–H and O–H groups in total. The molecule has 1 amide bonds. The molecule has 28 heavy (non-hydrogen) atoms. The molecule has 0 bridgehead atoms. The number of nitrogens with one attached hydrogen (secondary N) is 3. The van der Waals surface area contributed by atoms with E-state index in [1.807, 2.05) is 12.1 Å². The van der Waals surface area contributed by atoms with Crippen molar-refractivity contribution in [3.63, 3.8) is 0 Å². The number of benzene rings is 1. The number of anilines is 1. The molecule has 2 aromatic rings. The molecular weight excluding hydrogens is 470 g/mol.